The lowest BCUT2D eigenvalue weighted by Gasteiger charge is -2.19. The van der Waals surface area contributed by atoms with E-state index in [1.54, 1.807) is 0 Å². The first-order valence-electron chi connectivity index (χ1n) is 5.74. The minimum Gasteiger partial charge on any atom is -0.481 e. The topological polar surface area (TPSA) is 37.3 Å². The molecule has 0 bridgehead atoms. The van der Waals surface area contributed by atoms with E-state index in [4.69, 9.17) is 16.7 Å². The van der Waals surface area contributed by atoms with Crippen LogP contribution in [0.2, 0.25) is 0 Å². The van der Waals surface area contributed by atoms with Gasteiger partial charge in [-0.05, 0) is 23.0 Å². The largest absolute Gasteiger partial charge is 0.481 e. The molecule has 3 heteroatoms. The Morgan fingerprint density at radius 1 is 1.29 bits per heavy atom. The molecule has 0 heterocycles. The van der Waals surface area contributed by atoms with Gasteiger partial charge in [0.1, 0.15) is 0 Å². The Morgan fingerprint density at radius 3 is 2.24 bits per heavy atom. The van der Waals surface area contributed by atoms with Gasteiger partial charge in [0.15, 0.2) is 0 Å². The number of carboxylic acid groups (broad SMARTS) is 1. The number of halogens is 1. The van der Waals surface area contributed by atoms with Crippen molar-refractivity contribution < 1.29 is 9.90 Å². The van der Waals surface area contributed by atoms with Crippen molar-refractivity contribution in [1.82, 2.24) is 0 Å². The fourth-order valence-corrected chi connectivity index (χ4v) is 1.97. The fourth-order valence-electron chi connectivity index (χ4n) is 1.66. The number of carbonyl (C=O) groups is 1. The van der Waals surface area contributed by atoms with Crippen molar-refractivity contribution in [2.45, 2.75) is 44.4 Å². The van der Waals surface area contributed by atoms with Gasteiger partial charge in [0.2, 0.25) is 0 Å². The summed E-state index contributed by atoms with van der Waals surface area (Å²) in [6.07, 6.45) is 0.598. The second kappa shape index (κ2) is 5.54. The highest BCUT2D eigenvalue weighted by atomic mass is 35.5. The summed E-state index contributed by atoms with van der Waals surface area (Å²) in [5, 5.41) is 8.29. The van der Waals surface area contributed by atoms with Crippen LogP contribution >= 0.6 is 11.6 Å². The fraction of sp³-hybridized carbons (Fsp3) is 0.500. The Bertz CT molecular complexity index is 376. The molecular formula is C14H19ClO2. The zero-order valence-corrected chi connectivity index (χ0v) is 11.3. The number of carboxylic acids is 1. The van der Waals surface area contributed by atoms with E-state index in [9.17, 15) is 4.79 Å². The summed E-state index contributed by atoms with van der Waals surface area (Å²) in [7, 11) is 0. The Hall–Kier alpha value is -1.02. The molecule has 0 aliphatic heterocycles. The Labute approximate surface area is 108 Å². The number of aliphatic carboxylic acids is 1. The van der Waals surface area contributed by atoms with E-state index in [2.05, 4.69) is 32.9 Å². The van der Waals surface area contributed by atoms with Gasteiger partial charge in [-0.2, -0.15) is 0 Å². The molecule has 0 radical (unpaired) electrons. The first-order chi connectivity index (χ1) is 7.79. The second-order valence-corrected chi connectivity index (χ2v) is 5.96. The minimum atomic E-state index is -0.851. The minimum absolute atomic E-state index is 0.00256. The van der Waals surface area contributed by atoms with Gasteiger partial charge in [-0.1, -0.05) is 45.0 Å². The molecular weight excluding hydrogens is 236 g/mol. The van der Waals surface area contributed by atoms with Crippen molar-refractivity contribution in [3.8, 4) is 0 Å². The summed E-state index contributed by atoms with van der Waals surface area (Å²) >= 11 is 5.96. The molecule has 1 N–H and O–H groups in total. The first-order valence-corrected chi connectivity index (χ1v) is 6.18. The standard InChI is InChI=1S/C14H19ClO2/c1-14(2,3)11-6-4-10(5-7-11)8-12(15)9-13(16)17/h4-7,12H,8-9H2,1-3H3,(H,16,17). The van der Waals surface area contributed by atoms with E-state index in [1.165, 1.54) is 5.56 Å². The summed E-state index contributed by atoms with van der Waals surface area (Å²) in [5.74, 6) is -0.851. The lowest BCUT2D eigenvalue weighted by atomic mass is 9.86. The smallest absolute Gasteiger partial charge is 0.304 e. The van der Waals surface area contributed by atoms with E-state index in [0.29, 0.717) is 6.42 Å². The Balaban J connectivity index is 2.66. The van der Waals surface area contributed by atoms with Crippen molar-refractivity contribution >= 4 is 17.6 Å². The summed E-state index contributed by atoms with van der Waals surface area (Å²) in [6.45, 7) is 6.49. The maximum absolute atomic E-state index is 10.5. The van der Waals surface area contributed by atoms with Crippen LogP contribution in [-0.4, -0.2) is 16.5 Å². The number of benzene rings is 1. The maximum Gasteiger partial charge on any atom is 0.304 e. The zero-order chi connectivity index (χ0) is 13.1. The Morgan fingerprint density at radius 2 is 1.82 bits per heavy atom. The van der Waals surface area contributed by atoms with Gasteiger partial charge in [0.05, 0.1) is 6.42 Å². The molecule has 1 aromatic carbocycles. The van der Waals surface area contributed by atoms with E-state index in [1.807, 2.05) is 12.1 Å². The highest BCUT2D eigenvalue weighted by Gasteiger charge is 2.14. The lowest BCUT2D eigenvalue weighted by Crippen LogP contribution is -2.12. The molecule has 0 amide bonds. The molecule has 1 unspecified atom stereocenters. The van der Waals surface area contributed by atoms with Crippen molar-refractivity contribution in [1.29, 1.82) is 0 Å². The molecule has 17 heavy (non-hydrogen) atoms. The van der Waals surface area contributed by atoms with Crippen LogP contribution in [0, 0.1) is 0 Å². The van der Waals surface area contributed by atoms with Gasteiger partial charge in [-0.15, -0.1) is 11.6 Å². The number of alkyl halides is 1. The molecule has 94 valence electrons. The average molecular weight is 255 g/mol. The summed E-state index contributed by atoms with van der Waals surface area (Å²) in [4.78, 5) is 10.5. The van der Waals surface area contributed by atoms with Crippen LogP contribution in [0.25, 0.3) is 0 Å². The zero-order valence-electron chi connectivity index (χ0n) is 10.5. The van der Waals surface area contributed by atoms with Gasteiger partial charge in [-0.3, -0.25) is 4.79 Å². The molecule has 1 atom stereocenters. The van der Waals surface area contributed by atoms with Gasteiger partial charge in [0, 0.05) is 5.38 Å². The predicted molar refractivity (Wildman–Crippen MR) is 70.7 cm³/mol. The van der Waals surface area contributed by atoms with Crippen LogP contribution in [0.4, 0.5) is 0 Å². The molecule has 0 aromatic heterocycles. The lowest BCUT2D eigenvalue weighted by molar-refractivity contribution is -0.137. The van der Waals surface area contributed by atoms with Crippen molar-refractivity contribution in [2.75, 3.05) is 0 Å². The quantitative estimate of drug-likeness (QED) is 0.834. The molecule has 0 saturated heterocycles. The Kier molecular flexibility index (Phi) is 4.58. The SMILES string of the molecule is CC(C)(C)c1ccc(CC(Cl)CC(=O)O)cc1. The average Bonchev–Trinajstić information content (AvgIpc) is 2.15. The van der Waals surface area contributed by atoms with Crippen molar-refractivity contribution in [3.63, 3.8) is 0 Å². The molecule has 2 nitrogen and oxygen atoms in total. The first kappa shape index (κ1) is 14.0. The van der Waals surface area contributed by atoms with Crippen molar-refractivity contribution in [3.05, 3.63) is 35.4 Å². The third kappa shape index (κ3) is 4.78. The van der Waals surface area contributed by atoms with Crippen LogP contribution in [-0.2, 0) is 16.6 Å². The highest BCUT2D eigenvalue weighted by molar-refractivity contribution is 6.21. The monoisotopic (exact) mass is 254 g/mol. The molecule has 0 aliphatic rings. The van der Waals surface area contributed by atoms with Crippen LogP contribution in [0.15, 0.2) is 24.3 Å². The van der Waals surface area contributed by atoms with E-state index in [0.717, 1.165) is 5.56 Å². The number of hydrogen-bond acceptors (Lipinski definition) is 1. The van der Waals surface area contributed by atoms with Gasteiger partial charge in [-0.25, -0.2) is 0 Å². The third-order valence-corrected chi connectivity index (χ3v) is 2.98. The van der Waals surface area contributed by atoms with Crippen LogP contribution in [0.5, 0.6) is 0 Å². The molecule has 1 rings (SSSR count). The molecule has 0 spiro atoms. The van der Waals surface area contributed by atoms with Crippen LogP contribution in [0.1, 0.15) is 38.3 Å². The van der Waals surface area contributed by atoms with E-state index < -0.39 is 5.97 Å². The normalized spacial score (nSPS) is 13.4. The molecule has 1 aromatic rings. The predicted octanol–water partition coefficient (Wildman–Crippen LogP) is 3.61. The van der Waals surface area contributed by atoms with Gasteiger partial charge >= 0.3 is 5.97 Å². The van der Waals surface area contributed by atoms with E-state index in [-0.39, 0.29) is 17.2 Å². The van der Waals surface area contributed by atoms with E-state index >= 15 is 0 Å². The molecule has 0 fully saturated rings. The van der Waals surface area contributed by atoms with Crippen molar-refractivity contribution in [2.24, 2.45) is 0 Å². The van der Waals surface area contributed by atoms with Gasteiger partial charge in [0.25, 0.3) is 0 Å². The molecule has 0 saturated carbocycles. The highest BCUT2D eigenvalue weighted by Crippen LogP contribution is 2.23. The van der Waals surface area contributed by atoms with Crippen LogP contribution in [0.3, 0.4) is 0 Å². The number of rotatable bonds is 4. The summed E-state index contributed by atoms with van der Waals surface area (Å²) in [6, 6.07) is 8.22. The van der Waals surface area contributed by atoms with Gasteiger partial charge < -0.3 is 5.11 Å². The van der Waals surface area contributed by atoms with Crippen LogP contribution < -0.4 is 0 Å². The molecule has 0 aliphatic carbocycles. The third-order valence-electron chi connectivity index (χ3n) is 2.67. The summed E-state index contributed by atoms with van der Waals surface area (Å²) < 4.78 is 0. The number of hydrogen-bond donors (Lipinski definition) is 1. The maximum atomic E-state index is 10.5. The second-order valence-electron chi connectivity index (χ2n) is 5.35. The summed E-state index contributed by atoms with van der Waals surface area (Å²) in [5.41, 5.74) is 2.49.